The summed E-state index contributed by atoms with van der Waals surface area (Å²) in [5, 5.41) is 8.36. The van der Waals surface area contributed by atoms with Crippen molar-refractivity contribution in [2.75, 3.05) is 20.3 Å². The van der Waals surface area contributed by atoms with Crippen LogP contribution in [-0.4, -0.2) is 76.4 Å². The van der Waals surface area contributed by atoms with Crippen LogP contribution in [0.4, 0.5) is 4.39 Å². The Kier molecular flexibility index (Phi) is 9.50. The summed E-state index contributed by atoms with van der Waals surface area (Å²) in [6, 6.07) is 5.13. The molecule has 2 aromatic rings. The van der Waals surface area contributed by atoms with Gasteiger partial charge >= 0.3 is 5.97 Å². The number of nitrogens with zero attached hydrogens (tertiary/aromatic N) is 5. The van der Waals surface area contributed by atoms with Gasteiger partial charge in [0.05, 0.1) is 24.3 Å². The highest BCUT2D eigenvalue weighted by molar-refractivity contribution is 7.44. The number of carbonyl (C=O) groups excluding carboxylic acids is 1. The smallest absolute Gasteiger partial charge is 0.340 e. The van der Waals surface area contributed by atoms with Gasteiger partial charge in [-0.25, -0.2) is 25.1 Å². The first-order valence-electron chi connectivity index (χ1n) is 11.7. The Morgan fingerprint density at radius 1 is 1.34 bits per heavy atom. The lowest BCUT2D eigenvalue weighted by molar-refractivity contribution is -0.0399. The van der Waals surface area contributed by atoms with Crippen LogP contribution in [0.15, 0.2) is 18.2 Å². The van der Waals surface area contributed by atoms with E-state index in [1.807, 2.05) is 39.3 Å². The number of carbonyl (C=O) groups is 1. The standard InChI is InChI=1S/C23H33FN5O5P/c1-8-18-19(24)21(34-35(32-13-12-25-6)29(14(2)3)15(4)5)22(33-18)28-17-11-9-10-16(23(30)31-7)20(17)26-27-28/h9-11,14-15,18-19,21-22H,8,12-13H2,1-5,7H3/t18-,19-,21-,22-,35?/m1/s1. The average Bonchev–Trinajstić information content (AvgIpc) is 3.39. The molecule has 10 nitrogen and oxygen atoms in total. The van der Waals surface area contributed by atoms with Crippen molar-refractivity contribution in [2.24, 2.45) is 0 Å². The molecule has 12 heteroatoms. The van der Waals surface area contributed by atoms with Crippen LogP contribution in [0.25, 0.3) is 15.9 Å². The Morgan fingerprint density at radius 2 is 2.06 bits per heavy atom. The number of halogens is 1. The fraction of sp³-hybridized carbons (Fsp3) is 0.652. The molecule has 2 heterocycles. The van der Waals surface area contributed by atoms with Gasteiger partial charge in [-0.3, -0.25) is 0 Å². The molecular weight excluding hydrogens is 476 g/mol. The first kappa shape index (κ1) is 27.4. The zero-order valence-corrected chi connectivity index (χ0v) is 21.8. The first-order chi connectivity index (χ1) is 16.7. The number of esters is 1. The van der Waals surface area contributed by atoms with Crippen molar-refractivity contribution in [1.29, 1.82) is 0 Å². The molecular formula is C23H33FN5O5P. The molecule has 0 radical (unpaired) electrons. The lowest BCUT2D eigenvalue weighted by atomic mass is 10.1. The monoisotopic (exact) mass is 509 g/mol. The van der Waals surface area contributed by atoms with Crippen molar-refractivity contribution in [1.82, 2.24) is 19.7 Å². The van der Waals surface area contributed by atoms with E-state index in [2.05, 4.69) is 15.2 Å². The summed E-state index contributed by atoms with van der Waals surface area (Å²) < 4.78 is 42.4. The molecule has 0 spiro atoms. The molecule has 3 rings (SSSR count). The number of aromatic nitrogens is 3. The molecule has 35 heavy (non-hydrogen) atoms. The summed E-state index contributed by atoms with van der Waals surface area (Å²) >= 11 is 0. The lowest BCUT2D eigenvalue weighted by Gasteiger charge is -2.37. The second kappa shape index (κ2) is 12.2. The minimum atomic E-state index is -1.71. The number of hydrogen-bond acceptors (Lipinski definition) is 8. The van der Waals surface area contributed by atoms with Crippen LogP contribution in [0.3, 0.4) is 0 Å². The van der Waals surface area contributed by atoms with E-state index in [-0.39, 0.29) is 30.8 Å². The van der Waals surface area contributed by atoms with E-state index in [0.29, 0.717) is 17.5 Å². The third-order valence-electron chi connectivity index (χ3n) is 5.68. The van der Waals surface area contributed by atoms with Crippen LogP contribution in [-0.2, 0) is 18.5 Å². The highest BCUT2D eigenvalue weighted by atomic mass is 31.2. The molecule has 1 saturated heterocycles. The highest BCUT2D eigenvalue weighted by Crippen LogP contribution is 2.51. The quantitative estimate of drug-likeness (QED) is 0.189. The number of hydrogen-bond donors (Lipinski definition) is 0. The molecule has 1 aromatic heterocycles. The summed E-state index contributed by atoms with van der Waals surface area (Å²) in [5.41, 5.74) is 1.09. The molecule has 0 amide bonds. The van der Waals surface area contributed by atoms with Crippen molar-refractivity contribution in [3.8, 4) is 0 Å². The van der Waals surface area contributed by atoms with Gasteiger partial charge < -0.3 is 23.4 Å². The zero-order valence-electron chi connectivity index (χ0n) is 20.9. The maximum absolute atomic E-state index is 15.7. The predicted molar refractivity (Wildman–Crippen MR) is 129 cm³/mol. The Morgan fingerprint density at radius 3 is 2.66 bits per heavy atom. The van der Waals surface area contributed by atoms with Crippen LogP contribution < -0.4 is 0 Å². The number of alkyl halides is 1. The minimum Gasteiger partial charge on any atom is -0.465 e. The van der Waals surface area contributed by atoms with Crippen LogP contribution in [0, 0.1) is 6.57 Å². The topological polar surface area (TPSA) is 92.3 Å². The summed E-state index contributed by atoms with van der Waals surface area (Å²) in [5.74, 6) is -0.543. The van der Waals surface area contributed by atoms with Crippen LogP contribution >= 0.6 is 8.53 Å². The molecule has 1 fully saturated rings. The van der Waals surface area contributed by atoms with E-state index in [1.165, 1.54) is 11.8 Å². The maximum Gasteiger partial charge on any atom is 0.340 e. The third-order valence-corrected chi connectivity index (χ3v) is 7.81. The summed E-state index contributed by atoms with van der Waals surface area (Å²) in [4.78, 5) is 15.5. The van der Waals surface area contributed by atoms with Crippen molar-refractivity contribution in [2.45, 2.75) is 77.7 Å². The first-order valence-corrected chi connectivity index (χ1v) is 12.8. The molecule has 0 aliphatic carbocycles. The van der Waals surface area contributed by atoms with Gasteiger partial charge in [0.25, 0.3) is 8.53 Å². The van der Waals surface area contributed by atoms with Crippen LogP contribution in [0.1, 0.15) is 57.6 Å². The normalized spacial score (nSPS) is 23.3. The molecule has 0 N–H and O–H groups in total. The fourth-order valence-corrected chi connectivity index (χ4v) is 5.87. The summed E-state index contributed by atoms with van der Waals surface area (Å²) in [6.45, 7) is 17.3. The van der Waals surface area contributed by atoms with E-state index in [1.54, 1.807) is 18.2 Å². The molecule has 1 aliphatic heterocycles. The van der Waals surface area contributed by atoms with Crippen LogP contribution in [0.2, 0.25) is 0 Å². The van der Waals surface area contributed by atoms with Gasteiger partial charge in [-0.15, -0.1) is 5.10 Å². The third kappa shape index (κ3) is 5.79. The number of benzene rings is 1. The highest BCUT2D eigenvalue weighted by Gasteiger charge is 2.49. The van der Waals surface area contributed by atoms with E-state index in [0.717, 1.165) is 0 Å². The molecule has 1 unspecified atom stereocenters. The zero-order chi connectivity index (χ0) is 25.7. The number of methoxy groups -OCH3 is 1. The van der Waals surface area contributed by atoms with Gasteiger partial charge in [-0.1, -0.05) is 18.2 Å². The molecule has 5 atom stereocenters. The van der Waals surface area contributed by atoms with Crippen molar-refractivity contribution < 1.29 is 27.7 Å². The molecule has 0 bridgehead atoms. The summed E-state index contributed by atoms with van der Waals surface area (Å²) in [7, 11) is -0.415. The van der Waals surface area contributed by atoms with Gasteiger partial charge in [0.1, 0.15) is 18.2 Å². The van der Waals surface area contributed by atoms with Gasteiger partial charge in [0.2, 0.25) is 6.54 Å². The SMILES string of the molecule is [C-]#[N+]CCOP(O[C@@H]1[C@H](F)[C@@H](CC)O[C@H]1n1nnc2c(C(=O)OC)cccc21)N(C(C)C)C(C)C. The second-order valence-electron chi connectivity index (χ2n) is 8.71. The second-order valence-corrected chi connectivity index (χ2v) is 10.1. The maximum atomic E-state index is 15.7. The van der Waals surface area contributed by atoms with Crippen molar-refractivity contribution >= 4 is 25.5 Å². The minimum absolute atomic E-state index is 0.0599. The van der Waals surface area contributed by atoms with Gasteiger partial charge in [-0.2, -0.15) is 0 Å². The van der Waals surface area contributed by atoms with E-state index in [4.69, 9.17) is 25.1 Å². The molecule has 0 saturated carbocycles. The lowest BCUT2D eigenvalue weighted by Crippen LogP contribution is -2.37. The number of fused-ring (bicyclic) bond motifs is 1. The van der Waals surface area contributed by atoms with Gasteiger partial charge in [0, 0.05) is 12.1 Å². The predicted octanol–water partition coefficient (Wildman–Crippen LogP) is 4.53. The van der Waals surface area contributed by atoms with Crippen molar-refractivity contribution in [3.05, 3.63) is 35.2 Å². The van der Waals surface area contributed by atoms with E-state index >= 15 is 4.39 Å². The Hall–Kier alpha value is -2.22. The van der Waals surface area contributed by atoms with E-state index in [9.17, 15) is 4.79 Å². The van der Waals surface area contributed by atoms with E-state index < -0.39 is 39.1 Å². The Bertz CT molecular complexity index is 1040. The van der Waals surface area contributed by atoms with Crippen LogP contribution in [0.5, 0.6) is 0 Å². The number of rotatable bonds is 11. The van der Waals surface area contributed by atoms with Gasteiger partial charge in [-0.05, 0) is 46.2 Å². The fourth-order valence-electron chi connectivity index (χ4n) is 4.15. The van der Waals surface area contributed by atoms with Gasteiger partial charge in [0.15, 0.2) is 12.4 Å². The molecule has 1 aromatic carbocycles. The number of ether oxygens (including phenoxy) is 2. The molecule has 192 valence electrons. The summed E-state index contributed by atoms with van der Waals surface area (Å²) in [6.07, 6.45) is -3.68. The largest absolute Gasteiger partial charge is 0.465 e. The van der Waals surface area contributed by atoms with Crippen molar-refractivity contribution in [3.63, 3.8) is 0 Å². The Balaban J connectivity index is 2.00. The molecule has 1 aliphatic rings. The average molecular weight is 510 g/mol. The Labute approximate surface area is 206 Å².